The molecule has 0 unspecified atom stereocenters. The fourth-order valence-corrected chi connectivity index (χ4v) is 1.36. The number of allylic oxidation sites excluding steroid dienone is 1. The van der Waals surface area contributed by atoms with Crippen LogP contribution < -0.4 is 5.32 Å². The van der Waals surface area contributed by atoms with Gasteiger partial charge in [0.2, 0.25) is 0 Å². The Bertz CT molecular complexity index is 273. The summed E-state index contributed by atoms with van der Waals surface area (Å²) in [6, 6.07) is -0.412. The number of nitrogens with one attached hydrogen (secondary N) is 1. The van der Waals surface area contributed by atoms with Gasteiger partial charge in [0.15, 0.2) is 0 Å². The van der Waals surface area contributed by atoms with Crippen LogP contribution in [-0.2, 0) is 0 Å². The Morgan fingerprint density at radius 1 is 1.53 bits per heavy atom. The number of hydrogen-bond donors (Lipinski definition) is 1. The molecule has 1 N–H and O–H groups in total. The highest BCUT2D eigenvalue weighted by Crippen LogP contribution is 2.26. The van der Waals surface area contributed by atoms with Crippen molar-refractivity contribution in [2.45, 2.75) is 26.2 Å². The average Bonchev–Trinajstić information content (AvgIpc) is 2.45. The minimum atomic E-state index is -2.71. The molecule has 86 valence electrons. The summed E-state index contributed by atoms with van der Waals surface area (Å²) in [4.78, 5) is 12.5. The number of urea groups is 1. The smallest absolute Gasteiger partial charge is 0.317 e. The first kappa shape index (κ1) is 11.9. The van der Waals surface area contributed by atoms with Crippen LogP contribution in [0.5, 0.6) is 0 Å². The number of amides is 2. The standard InChI is InChI=1S/C10H16F2N2O/c1-8(2)3-5-13-9(15)14-6-4-10(11,12)7-14/h3H,4-7H2,1-2H3,(H,13,15). The molecule has 15 heavy (non-hydrogen) atoms. The van der Waals surface area contributed by atoms with Gasteiger partial charge in [0.25, 0.3) is 5.92 Å². The molecule has 0 bridgehead atoms. The van der Waals surface area contributed by atoms with Crippen LogP contribution in [0.3, 0.4) is 0 Å². The fourth-order valence-electron chi connectivity index (χ4n) is 1.36. The van der Waals surface area contributed by atoms with Gasteiger partial charge in [0.1, 0.15) is 0 Å². The maximum atomic E-state index is 12.8. The van der Waals surface area contributed by atoms with Crippen LogP contribution >= 0.6 is 0 Å². The Kier molecular flexibility index (Phi) is 3.66. The van der Waals surface area contributed by atoms with Crippen molar-refractivity contribution in [2.24, 2.45) is 0 Å². The highest BCUT2D eigenvalue weighted by molar-refractivity contribution is 5.74. The second-order valence-corrected chi connectivity index (χ2v) is 4.00. The topological polar surface area (TPSA) is 32.3 Å². The normalized spacial score (nSPS) is 18.8. The van der Waals surface area contributed by atoms with Crippen LogP contribution in [0, 0.1) is 0 Å². The number of carbonyl (C=O) groups is 1. The van der Waals surface area contributed by atoms with Gasteiger partial charge in [-0.1, -0.05) is 11.6 Å². The second-order valence-electron chi connectivity index (χ2n) is 4.00. The van der Waals surface area contributed by atoms with E-state index < -0.39 is 18.5 Å². The van der Waals surface area contributed by atoms with E-state index in [4.69, 9.17) is 0 Å². The lowest BCUT2D eigenvalue weighted by Crippen LogP contribution is -2.39. The maximum Gasteiger partial charge on any atom is 0.317 e. The number of likely N-dealkylation sites (tertiary alicyclic amines) is 1. The minimum absolute atomic E-state index is 0.133. The molecular formula is C10H16F2N2O. The lowest BCUT2D eigenvalue weighted by molar-refractivity contribution is 0.0154. The first-order valence-electron chi connectivity index (χ1n) is 4.95. The Morgan fingerprint density at radius 3 is 2.67 bits per heavy atom. The summed E-state index contributed by atoms with van der Waals surface area (Å²) in [5.41, 5.74) is 1.09. The summed E-state index contributed by atoms with van der Waals surface area (Å²) < 4.78 is 25.5. The van der Waals surface area contributed by atoms with Crippen LogP contribution in [0.25, 0.3) is 0 Å². The van der Waals surface area contributed by atoms with E-state index in [2.05, 4.69) is 5.32 Å². The van der Waals surface area contributed by atoms with Crippen LogP contribution in [-0.4, -0.2) is 36.5 Å². The Balaban J connectivity index is 2.33. The minimum Gasteiger partial charge on any atom is -0.335 e. The zero-order chi connectivity index (χ0) is 11.5. The van der Waals surface area contributed by atoms with Crippen molar-refractivity contribution in [2.75, 3.05) is 19.6 Å². The average molecular weight is 218 g/mol. The molecule has 0 aliphatic carbocycles. The molecule has 1 aliphatic rings. The molecule has 0 aromatic carbocycles. The van der Waals surface area contributed by atoms with E-state index >= 15 is 0 Å². The Hall–Kier alpha value is -1.13. The van der Waals surface area contributed by atoms with Crippen molar-refractivity contribution < 1.29 is 13.6 Å². The van der Waals surface area contributed by atoms with Crippen molar-refractivity contribution in [1.29, 1.82) is 0 Å². The van der Waals surface area contributed by atoms with E-state index in [0.717, 1.165) is 10.5 Å². The summed E-state index contributed by atoms with van der Waals surface area (Å²) in [7, 11) is 0. The predicted octanol–water partition coefficient (Wildman–Crippen LogP) is 2.00. The molecule has 1 aliphatic heterocycles. The van der Waals surface area contributed by atoms with E-state index in [9.17, 15) is 13.6 Å². The SMILES string of the molecule is CC(C)=CCNC(=O)N1CCC(F)(F)C1. The highest BCUT2D eigenvalue weighted by atomic mass is 19.3. The molecular weight excluding hydrogens is 202 g/mol. The first-order chi connectivity index (χ1) is 6.91. The number of rotatable bonds is 2. The summed E-state index contributed by atoms with van der Waals surface area (Å²) in [6.07, 6.45) is 1.61. The summed E-state index contributed by atoms with van der Waals surface area (Å²) in [6.45, 7) is 3.89. The second kappa shape index (κ2) is 4.59. The molecule has 2 amide bonds. The van der Waals surface area contributed by atoms with Crippen molar-refractivity contribution in [3.63, 3.8) is 0 Å². The molecule has 5 heteroatoms. The van der Waals surface area contributed by atoms with Gasteiger partial charge >= 0.3 is 6.03 Å². The molecule has 0 saturated carbocycles. The zero-order valence-corrected chi connectivity index (χ0v) is 9.02. The van der Waals surface area contributed by atoms with Crippen LogP contribution in [0.15, 0.2) is 11.6 Å². The number of nitrogens with zero attached hydrogens (tertiary/aromatic N) is 1. The van der Waals surface area contributed by atoms with Crippen LogP contribution in [0.4, 0.5) is 13.6 Å². The fraction of sp³-hybridized carbons (Fsp3) is 0.700. The number of hydrogen-bond acceptors (Lipinski definition) is 1. The lowest BCUT2D eigenvalue weighted by atomic mass is 10.3. The largest absolute Gasteiger partial charge is 0.335 e. The molecule has 0 aromatic heterocycles. The van der Waals surface area contributed by atoms with Crippen LogP contribution in [0.1, 0.15) is 20.3 Å². The summed E-state index contributed by atoms with van der Waals surface area (Å²) in [5.74, 6) is -2.71. The maximum absolute atomic E-state index is 12.8. The van der Waals surface area contributed by atoms with E-state index in [0.29, 0.717) is 6.54 Å². The zero-order valence-electron chi connectivity index (χ0n) is 9.02. The van der Waals surface area contributed by atoms with Gasteiger partial charge in [-0.3, -0.25) is 0 Å². The van der Waals surface area contributed by atoms with E-state index in [1.807, 2.05) is 19.9 Å². The van der Waals surface area contributed by atoms with Gasteiger partial charge in [0, 0.05) is 19.5 Å². The van der Waals surface area contributed by atoms with Gasteiger partial charge in [0.05, 0.1) is 6.54 Å². The third-order valence-electron chi connectivity index (χ3n) is 2.22. The molecule has 3 nitrogen and oxygen atoms in total. The molecule has 0 aromatic rings. The van der Waals surface area contributed by atoms with Gasteiger partial charge in [-0.05, 0) is 13.8 Å². The van der Waals surface area contributed by atoms with Crippen molar-refractivity contribution in [1.82, 2.24) is 10.2 Å². The molecule has 0 radical (unpaired) electrons. The molecule has 1 rings (SSSR count). The van der Waals surface area contributed by atoms with E-state index in [-0.39, 0.29) is 13.0 Å². The summed E-state index contributed by atoms with van der Waals surface area (Å²) in [5, 5.41) is 2.57. The Morgan fingerprint density at radius 2 is 2.20 bits per heavy atom. The number of carbonyl (C=O) groups excluding carboxylic acids is 1. The first-order valence-corrected chi connectivity index (χ1v) is 4.95. The molecule has 1 saturated heterocycles. The third-order valence-corrected chi connectivity index (χ3v) is 2.22. The molecule has 0 spiro atoms. The van der Waals surface area contributed by atoms with Gasteiger partial charge in [-0.2, -0.15) is 0 Å². The van der Waals surface area contributed by atoms with Gasteiger partial charge in [-0.15, -0.1) is 0 Å². The highest BCUT2D eigenvalue weighted by Gasteiger charge is 2.40. The molecule has 1 fully saturated rings. The van der Waals surface area contributed by atoms with Crippen molar-refractivity contribution in [3.05, 3.63) is 11.6 Å². The monoisotopic (exact) mass is 218 g/mol. The van der Waals surface area contributed by atoms with Crippen molar-refractivity contribution >= 4 is 6.03 Å². The quantitative estimate of drug-likeness (QED) is 0.706. The Labute approximate surface area is 88.1 Å². The van der Waals surface area contributed by atoms with Gasteiger partial charge < -0.3 is 10.2 Å². The molecule has 0 atom stereocenters. The number of alkyl halides is 2. The predicted molar refractivity (Wildman–Crippen MR) is 54.0 cm³/mol. The van der Waals surface area contributed by atoms with E-state index in [1.54, 1.807) is 0 Å². The lowest BCUT2D eigenvalue weighted by Gasteiger charge is -2.16. The van der Waals surface area contributed by atoms with Crippen LogP contribution in [0.2, 0.25) is 0 Å². The van der Waals surface area contributed by atoms with Crippen molar-refractivity contribution in [3.8, 4) is 0 Å². The van der Waals surface area contributed by atoms with E-state index in [1.165, 1.54) is 0 Å². The number of halogens is 2. The van der Waals surface area contributed by atoms with Gasteiger partial charge in [-0.25, -0.2) is 13.6 Å². The summed E-state index contributed by atoms with van der Waals surface area (Å²) >= 11 is 0. The third kappa shape index (κ3) is 3.85. The molecule has 1 heterocycles.